The van der Waals surface area contributed by atoms with Crippen LogP contribution in [0.1, 0.15) is 24.4 Å². The number of benzene rings is 2. The Balaban J connectivity index is 1.53. The van der Waals surface area contributed by atoms with Crippen LogP contribution in [0.2, 0.25) is 5.02 Å². The molecule has 28 heavy (non-hydrogen) atoms. The molecule has 0 aliphatic heterocycles. The molecule has 2 aromatic carbocycles. The first kappa shape index (κ1) is 20.2. The monoisotopic (exact) mass is 416 g/mol. The van der Waals surface area contributed by atoms with E-state index in [4.69, 9.17) is 16.3 Å². The highest BCUT2D eigenvalue weighted by atomic mass is 35.5. The zero-order valence-corrected chi connectivity index (χ0v) is 17.2. The molecule has 3 aromatic rings. The van der Waals surface area contributed by atoms with Crippen molar-refractivity contribution in [3.05, 3.63) is 71.0 Å². The maximum Gasteiger partial charge on any atom is 0.230 e. The van der Waals surface area contributed by atoms with Gasteiger partial charge in [-0.1, -0.05) is 59.8 Å². The fourth-order valence-corrected chi connectivity index (χ4v) is 3.51. The molecule has 0 fully saturated rings. The molecular formula is C20H21ClN4O2S. The number of aromatic nitrogens is 3. The van der Waals surface area contributed by atoms with Gasteiger partial charge in [0.25, 0.3) is 0 Å². The van der Waals surface area contributed by atoms with E-state index in [-0.39, 0.29) is 17.8 Å². The van der Waals surface area contributed by atoms with E-state index >= 15 is 0 Å². The molecule has 0 saturated heterocycles. The van der Waals surface area contributed by atoms with Crippen LogP contribution in [0, 0.1) is 0 Å². The third-order valence-corrected chi connectivity index (χ3v) is 5.26. The number of hydrogen-bond acceptors (Lipinski definition) is 5. The fourth-order valence-electron chi connectivity index (χ4n) is 2.58. The van der Waals surface area contributed by atoms with Gasteiger partial charge in [-0.2, -0.15) is 0 Å². The molecule has 1 atom stereocenters. The van der Waals surface area contributed by atoms with E-state index in [9.17, 15) is 4.79 Å². The summed E-state index contributed by atoms with van der Waals surface area (Å²) < 4.78 is 7.73. The van der Waals surface area contributed by atoms with Crippen LogP contribution >= 0.6 is 23.4 Å². The zero-order chi connectivity index (χ0) is 19.9. The highest BCUT2D eigenvalue weighted by molar-refractivity contribution is 7.99. The van der Waals surface area contributed by atoms with Crippen LogP contribution in [-0.4, -0.2) is 26.4 Å². The summed E-state index contributed by atoms with van der Waals surface area (Å²) in [4.78, 5) is 12.1. The first-order valence-electron chi connectivity index (χ1n) is 8.78. The van der Waals surface area contributed by atoms with Gasteiger partial charge in [0.1, 0.15) is 5.75 Å². The number of ether oxygens (including phenoxy) is 1. The third kappa shape index (κ3) is 5.50. The second-order valence-electron chi connectivity index (χ2n) is 6.17. The number of carbonyl (C=O) groups is 1. The zero-order valence-electron chi connectivity index (χ0n) is 15.6. The van der Waals surface area contributed by atoms with Crippen LogP contribution in [0.25, 0.3) is 0 Å². The lowest BCUT2D eigenvalue weighted by Crippen LogP contribution is -2.24. The van der Waals surface area contributed by atoms with Gasteiger partial charge < -0.3 is 14.6 Å². The molecule has 146 valence electrons. The minimum Gasteiger partial charge on any atom is -0.483 e. The summed E-state index contributed by atoms with van der Waals surface area (Å²) in [5, 5.41) is 12.6. The van der Waals surface area contributed by atoms with Crippen molar-refractivity contribution in [1.82, 2.24) is 20.1 Å². The van der Waals surface area contributed by atoms with Gasteiger partial charge in [0, 0.05) is 18.6 Å². The van der Waals surface area contributed by atoms with Crippen molar-refractivity contribution in [2.24, 2.45) is 7.05 Å². The predicted molar refractivity (Wildman–Crippen MR) is 111 cm³/mol. The molecule has 0 aliphatic carbocycles. The molecule has 1 aromatic heterocycles. The second-order valence-corrected chi connectivity index (χ2v) is 7.55. The summed E-state index contributed by atoms with van der Waals surface area (Å²) >= 11 is 7.33. The lowest BCUT2D eigenvalue weighted by Gasteiger charge is -2.14. The number of nitrogens with zero attached hydrogens (tertiary/aromatic N) is 3. The van der Waals surface area contributed by atoms with E-state index in [0.29, 0.717) is 28.3 Å². The molecule has 0 saturated carbocycles. The fraction of sp³-hybridized carbons (Fsp3) is 0.250. The summed E-state index contributed by atoms with van der Waals surface area (Å²) in [5.74, 6) is 1.55. The molecule has 0 aliphatic rings. The second kappa shape index (κ2) is 9.61. The number of rotatable bonds is 8. The number of hydrogen-bond donors (Lipinski definition) is 1. The smallest absolute Gasteiger partial charge is 0.230 e. The quantitative estimate of drug-likeness (QED) is 0.562. The molecule has 0 radical (unpaired) electrons. The molecule has 1 unspecified atom stereocenters. The van der Waals surface area contributed by atoms with Crippen LogP contribution in [0.4, 0.5) is 0 Å². The van der Waals surface area contributed by atoms with Gasteiger partial charge >= 0.3 is 0 Å². The third-order valence-electron chi connectivity index (χ3n) is 4.01. The highest BCUT2D eigenvalue weighted by Gasteiger charge is 2.18. The van der Waals surface area contributed by atoms with Crippen molar-refractivity contribution in [2.75, 3.05) is 5.75 Å². The molecule has 1 heterocycles. The molecular weight excluding hydrogens is 396 g/mol. The van der Waals surface area contributed by atoms with Crippen LogP contribution < -0.4 is 10.1 Å². The standard InChI is InChI=1S/C20H21ClN4O2S/c1-14(27-17-10-6-9-16(21)11-17)19-23-24-20(25(19)2)28-13-18(26)22-12-15-7-4-3-5-8-15/h3-11,14H,12-13H2,1-2H3,(H,22,26). The van der Waals surface area contributed by atoms with Crippen molar-refractivity contribution in [2.45, 2.75) is 24.7 Å². The molecule has 8 heteroatoms. The molecule has 3 rings (SSSR count). The van der Waals surface area contributed by atoms with Crippen molar-refractivity contribution in [3.63, 3.8) is 0 Å². The number of thioether (sulfide) groups is 1. The van der Waals surface area contributed by atoms with E-state index in [1.54, 1.807) is 12.1 Å². The van der Waals surface area contributed by atoms with Gasteiger partial charge in [-0.25, -0.2) is 0 Å². The topological polar surface area (TPSA) is 69.0 Å². The maximum atomic E-state index is 12.1. The minimum atomic E-state index is -0.308. The molecule has 1 N–H and O–H groups in total. The van der Waals surface area contributed by atoms with E-state index < -0.39 is 0 Å². The largest absolute Gasteiger partial charge is 0.483 e. The Morgan fingerprint density at radius 3 is 2.75 bits per heavy atom. The molecule has 0 bridgehead atoms. The van der Waals surface area contributed by atoms with Crippen LogP contribution in [0.5, 0.6) is 5.75 Å². The van der Waals surface area contributed by atoms with E-state index in [2.05, 4.69) is 15.5 Å². The first-order chi connectivity index (χ1) is 13.5. The SMILES string of the molecule is CC(Oc1cccc(Cl)c1)c1nnc(SCC(=O)NCc2ccccc2)n1C. The number of carbonyl (C=O) groups excluding carboxylic acids is 1. The Morgan fingerprint density at radius 2 is 2.00 bits per heavy atom. The summed E-state index contributed by atoms with van der Waals surface area (Å²) in [6.45, 7) is 2.40. The van der Waals surface area contributed by atoms with Crippen molar-refractivity contribution in [1.29, 1.82) is 0 Å². The Hall–Kier alpha value is -2.51. The average Bonchev–Trinajstić information content (AvgIpc) is 3.06. The average molecular weight is 417 g/mol. The molecule has 6 nitrogen and oxygen atoms in total. The lowest BCUT2D eigenvalue weighted by atomic mass is 10.2. The molecule has 1 amide bonds. The Morgan fingerprint density at radius 1 is 1.21 bits per heavy atom. The Kier molecular flexibility index (Phi) is 6.95. The van der Waals surface area contributed by atoms with Crippen LogP contribution in [0.3, 0.4) is 0 Å². The minimum absolute atomic E-state index is 0.0540. The van der Waals surface area contributed by atoms with Gasteiger partial charge in [-0.3, -0.25) is 4.79 Å². The Bertz CT molecular complexity index is 933. The van der Waals surface area contributed by atoms with Gasteiger partial charge in [0.2, 0.25) is 5.91 Å². The summed E-state index contributed by atoms with van der Waals surface area (Å²) in [7, 11) is 1.86. The summed E-state index contributed by atoms with van der Waals surface area (Å²) in [6, 6.07) is 17.0. The van der Waals surface area contributed by atoms with Gasteiger partial charge in [-0.15, -0.1) is 10.2 Å². The Labute approximate surface area is 173 Å². The highest BCUT2D eigenvalue weighted by Crippen LogP contribution is 2.25. The van der Waals surface area contributed by atoms with E-state index in [1.807, 2.05) is 61.0 Å². The van der Waals surface area contributed by atoms with Gasteiger partial charge in [0.05, 0.1) is 5.75 Å². The van der Waals surface area contributed by atoms with E-state index in [0.717, 1.165) is 5.56 Å². The van der Waals surface area contributed by atoms with Crippen molar-refractivity contribution >= 4 is 29.3 Å². The lowest BCUT2D eigenvalue weighted by molar-refractivity contribution is -0.118. The van der Waals surface area contributed by atoms with Crippen LogP contribution in [-0.2, 0) is 18.4 Å². The first-order valence-corrected chi connectivity index (χ1v) is 10.1. The van der Waals surface area contributed by atoms with Crippen molar-refractivity contribution < 1.29 is 9.53 Å². The number of nitrogens with one attached hydrogen (secondary N) is 1. The predicted octanol–water partition coefficient (Wildman–Crippen LogP) is 4.02. The van der Waals surface area contributed by atoms with Crippen LogP contribution in [0.15, 0.2) is 59.8 Å². The number of amides is 1. The summed E-state index contributed by atoms with van der Waals surface area (Å²) in [5.41, 5.74) is 1.06. The summed E-state index contributed by atoms with van der Waals surface area (Å²) in [6.07, 6.45) is -0.308. The number of halogens is 1. The molecule has 0 spiro atoms. The normalized spacial score (nSPS) is 11.8. The van der Waals surface area contributed by atoms with Crippen molar-refractivity contribution in [3.8, 4) is 5.75 Å². The van der Waals surface area contributed by atoms with Gasteiger partial charge in [-0.05, 0) is 30.7 Å². The van der Waals surface area contributed by atoms with E-state index in [1.165, 1.54) is 11.8 Å². The van der Waals surface area contributed by atoms with Gasteiger partial charge in [0.15, 0.2) is 17.1 Å². The maximum absolute atomic E-state index is 12.1.